The van der Waals surface area contributed by atoms with Gasteiger partial charge in [0.05, 0.1) is 24.3 Å². The maximum absolute atomic E-state index is 12.5. The molecule has 4 unspecified atom stereocenters. The van der Waals surface area contributed by atoms with E-state index in [-0.39, 0.29) is 17.7 Å². The van der Waals surface area contributed by atoms with Crippen LogP contribution in [0.2, 0.25) is 0 Å². The van der Waals surface area contributed by atoms with E-state index >= 15 is 0 Å². The quantitative estimate of drug-likeness (QED) is 0.833. The van der Waals surface area contributed by atoms with E-state index in [0.717, 1.165) is 12.0 Å². The van der Waals surface area contributed by atoms with E-state index in [1.54, 1.807) is 24.3 Å². The minimum atomic E-state index is -0.902. The van der Waals surface area contributed by atoms with Gasteiger partial charge in [-0.1, -0.05) is 24.3 Å². The Balaban J connectivity index is 1.73. The Labute approximate surface area is 128 Å². The molecule has 0 spiro atoms. The van der Waals surface area contributed by atoms with Gasteiger partial charge in [0.25, 0.3) is 0 Å². The third-order valence-electron chi connectivity index (χ3n) is 4.55. The van der Waals surface area contributed by atoms with E-state index in [0.29, 0.717) is 12.1 Å². The van der Waals surface area contributed by atoms with Crippen molar-refractivity contribution in [2.45, 2.75) is 12.8 Å². The number of carboxylic acid groups (broad SMARTS) is 1. The highest BCUT2D eigenvalue weighted by molar-refractivity contribution is 5.96. The number of rotatable bonds is 4. The van der Waals surface area contributed by atoms with Gasteiger partial charge in [-0.3, -0.25) is 9.59 Å². The normalized spacial score (nSPS) is 28.3. The number of nitrogens with zero attached hydrogens (tertiary/aromatic N) is 1. The van der Waals surface area contributed by atoms with E-state index in [2.05, 4.69) is 11.4 Å². The van der Waals surface area contributed by atoms with Crippen molar-refractivity contribution in [2.75, 3.05) is 5.32 Å². The van der Waals surface area contributed by atoms with Crippen molar-refractivity contribution < 1.29 is 14.7 Å². The Hall–Kier alpha value is -2.61. The second-order valence-corrected chi connectivity index (χ2v) is 5.86. The van der Waals surface area contributed by atoms with Gasteiger partial charge in [0, 0.05) is 5.69 Å². The predicted octanol–water partition coefficient (Wildman–Crippen LogP) is 2.21. The molecule has 1 aromatic carbocycles. The van der Waals surface area contributed by atoms with E-state index < -0.39 is 17.8 Å². The molecule has 2 N–H and O–H groups in total. The highest BCUT2D eigenvalue weighted by Crippen LogP contribution is 2.48. The van der Waals surface area contributed by atoms with Crippen LogP contribution in [0.3, 0.4) is 0 Å². The highest BCUT2D eigenvalue weighted by Gasteiger charge is 2.51. The fraction of sp³-hybridized carbons (Fsp3) is 0.353. The monoisotopic (exact) mass is 296 g/mol. The average molecular weight is 296 g/mol. The maximum Gasteiger partial charge on any atom is 0.307 e. The number of hydrogen-bond donors (Lipinski definition) is 2. The average Bonchev–Trinajstić information content (AvgIpc) is 3.10. The van der Waals surface area contributed by atoms with Gasteiger partial charge < -0.3 is 10.4 Å². The molecule has 1 fully saturated rings. The van der Waals surface area contributed by atoms with Crippen molar-refractivity contribution in [3.05, 3.63) is 42.0 Å². The van der Waals surface area contributed by atoms with Crippen LogP contribution in [0.4, 0.5) is 5.69 Å². The molecule has 5 heteroatoms. The van der Waals surface area contributed by atoms with Crippen molar-refractivity contribution in [1.29, 1.82) is 5.26 Å². The minimum Gasteiger partial charge on any atom is -0.481 e. The Morgan fingerprint density at radius 2 is 1.82 bits per heavy atom. The Bertz CT molecular complexity index is 672. The first-order valence-corrected chi connectivity index (χ1v) is 7.28. The topological polar surface area (TPSA) is 90.2 Å². The van der Waals surface area contributed by atoms with Crippen LogP contribution in [0.5, 0.6) is 0 Å². The first-order valence-electron chi connectivity index (χ1n) is 7.28. The first-order chi connectivity index (χ1) is 10.6. The van der Waals surface area contributed by atoms with Crippen LogP contribution >= 0.6 is 0 Å². The fourth-order valence-corrected chi connectivity index (χ4v) is 3.54. The zero-order chi connectivity index (χ0) is 15.7. The third kappa shape index (κ3) is 2.48. The van der Waals surface area contributed by atoms with Crippen LogP contribution in [0.1, 0.15) is 12.0 Å². The van der Waals surface area contributed by atoms with E-state index in [9.17, 15) is 14.7 Å². The van der Waals surface area contributed by atoms with Crippen molar-refractivity contribution in [3.63, 3.8) is 0 Å². The Morgan fingerprint density at radius 3 is 2.41 bits per heavy atom. The van der Waals surface area contributed by atoms with Crippen LogP contribution in [0.15, 0.2) is 36.4 Å². The summed E-state index contributed by atoms with van der Waals surface area (Å²) in [4.78, 5) is 23.9. The van der Waals surface area contributed by atoms with Gasteiger partial charge in [-0.25, -0.2) is 0 Å². The SMILES string of the molecule is N#CCc1ccc(NC(=O)C2C3C=CC(C3)C2C(=O)O)cc1. The molecule has 0 aliphatic heterocycles. The fourth-order valence-electron chi connectivity index (χ4n) is 3.54. The molecule has 0 aromatic heterocycles. The number of nitrogens with one attached hydrogen (secondary N) is 1. The first kappa shape index (κ1) is 14.3. The van der Waals surface area contributed by atoms with Crippen molar-refractivity contribution in [3.8, 4) is 6.07 Å². The van der Waals surface area contributed by atoms with Gasteiger partial charge >= 0.3 is 5.97 Å². The lowest BCUT2D eigenvalue weighted by Gasteiger charge is -2.23. The lowest BCUT2D eigenvalue weighted by molar-refractivity contribution is -0.146. The number of carbonyl (C=O) groups is 2. The summed E-state index contributed by atoms with van der Waals surface area (Å²) >= 11 is 0. The number of anilines is 1. The molecule has 1 amide bonds. The van der Waals surface area contributed by atoms with Gasteiger partial charge in [0.1, 0.15) is 0 Å². The number of amides is 1. The summed E-state index contributed by atoms with van der Waals surface area (Å²) in [5.41, 5.74) is 1.51. The van der Waals surface area contributed by atoms with Gasteiger partial charge in [0.15, 0.2) is 0 Å². The molecular formula is C17H16N2O3. The molecule has 0 heterocycles. The molecule has 0 radical (unpaired) electrons. The molecule has 0 saturated heterocycles. The van der Waals surface area contributed by atoms with Crippen molar-refractivity contribution >= 4 is 17.6 Å². The molecule has 3 rings (SSSR count). The smallest absolute Gasteiger partial charge is 0.307 e. The third-order valence-corrected chi connectivity index (χ3v) is 4.55. The van der Waals surface area contributed by atoms with Crippen LogP contribution in [-0.2, 0) is 16.0 Å². The zero-order valence-corrected chi connectivity index (χ0v) is 11.9. The van der Waals surface area contributed by atoms with E-state index in [1.807, 2.05) is 12.2 Å². The van der Waals surface area contributed by atoms with Gasteiger partial charge in [0.2, 0.25) is 5.91 Å². The van der Waals surface area contributed by atoms with Gasteiger partial charge in [-0.2, -0.15) is 5.26 Å². The number of nitriles is 1. The van der Waals surface area contributed by atoms with Crippen molar-refractivity contribution in [1.82, 2.24) is 0 Å². The molecule has 2 bridgehead atoms. The number of fused-ring (bicyclic) bond motifs is 2. The number of benzene rings is 1. The molecule has 1 aromatic rings. The second-order valence-electron chi connectivity index (χ2n) is 5.86. The van der Waals surface area contributed by atoms with Crippen LogP contribution in [0.25, 0.3) is 0 Å². The highest BCUT2D eigenvalue weighted by atomic mass is 16.4. The molecule has 4 atom stereocenters. The Morgan fingerprint density at radius 1 is 1.18 bits per heavy atom. The predicted molar refractivity (Wildman–Crippen MR) is 79.7 cm³/mol. The molecule has 1 saturated carbocycles. The van der Waals surface area contributed by atoms with Crippen LogP contribution in [-0.4, -0.2) is 17.0 Å². The maximum atomic E-state index is 12.5. The lowest BCUT2D eigenvalue weighted by Crippen LogP contribution is -2.36. The lowest BCUT2D eigenvalue weighted by atomic mass is 9.82. The standard InChI is InChI=1S/C17H16N2O3/c18-8-7-10-1-5-13(6-2-10)19-16(20)14-11-3-4-12(9-11)15(14)17(21)22/h1-6,11-12,14-15H,7,9H2,(H,19,20)(H,21,22). The second kappa shape index (κ2) is 5.64. The minimum absolute atomic E-state index is 0.0176. The summed E-state index contributed by atoms with van der Waals surface area (Å²) in [5.74, 6) is -2.29. The summed E-state index contributed by atoms with van der Waals surface area (Å²) in [6.07, 6.45) is 4.96. The number of carboxylic acids is 1. The Kier molecular flexibility index (Phi) is 3.68. The molecule has 2 aliphatic carbocycles. The molecule has 112 valence electrons. The summed E-state index contributed by atoms with van der Waals surface area (Å²) in [6.45, 7) is 0. The molecule has 5 nitrogen and oxygen atoms in total. The van der Waals surface area contributed by atoms with E-state index in [1.165, 1.54) is 0 Å². The van der Waals surface area contributed by atoms with Gasteiger partial charge in [-0.15, -0.1) is 0 Å². The number of hydrogen-bond acceptors (Lipinski definition) is 3. The van der Waals surface area contributed by atoms with Crippen LogP contribution < -0.4 is 5.32 Å². The molecular weight excluding hydrogens is 280 g/mol. The number of aliphatic carboxylic acids is 1. The van der Waals surface area contributed by atoms with Crippen molar-refractivity contribution in [2.24, 2.45) is 23.7 Å². The summed E-state index contributed by atoms with van der Waals surface area (Å²) < 4.78 is 0. The molecule has 22 heavy (non-hydrogen) atoms. The summed E-state index contributed by atoms with van der Waals surface area (Å²) in [6, 6.07) is 9.12. The zero-order valence-electron chi connectivity index (χ0n) is 11.9. The largest absolute Gasteiger partial charge is 0.481 e. The molecule has 2 aliphatic rings. The summed E-state index contributed by atoms with van der Waals surface area (Å²) in [5, 5.41) is 20.8. The number of allylic oxidation sites excluding steroid dienone is 2. The van der Waals surface area contributed by atoms with Gasteiger partial charge in [-0.05, 0) is 36.0 Å². The van der Waals surface area contributed by atoms with E-state index in [4.69, 9.17) is 5.26 Å². The number of carbonyl (C=O) groups excluding carboxylic acids is 1. The summed E-state index contributed by atoms with van der Waals surface area (Å²) in [7, 11) is 0. The van der Waals surface area contributed by atoms with Crippen LogP contribution in [0, 0.1) is 35.0 Å².